The van der Waals surface area contributed by atoms with Crippen molar-refractivity contribution in [2.45, 2.75) is 12.4 Å². The van der Waals surface area contributed by atoms with Gasteiger partial charge in [-0.1, -0.05) is 12.1 Å². The quantitative estimate of drug-likeness (QED) is 0.152. The molecule has 4 aromatic heterocycles. The van der Waals surface area contributed by atoms with Crippen LogP contribution in [0.15, 0.2) is 133 Å². The summed E-state index contributed by atoms with van der Waals surface area (Å²) in [5.74, 6) is -1.27. The maximum absolute atomic E-state index is 13.2. The molecule has 0 N–H and O–H groups in total. The predicted octanol–water partition coefficient (Wildman–Crippen LogP) is 10.2. The van der Waals surface area contributed by atoms with E-state index in [0.29, 0.717) is 23.8 Å². The van der Waals surface area contributed by atoms with E-state index < -0.39 is 47.5 Å². The molecule has 6 rings (SSSR count). The Morgan fingerprint density at radius 2 is 0.857 bits per heavy atom. The van der Waals surface area contributed by atoms with Crippen LogP contribution in [0, 0.1) is 12.3 Å². The molecule has 0 saturated heterocycles. The fourth-order valence-electron chi connectivity index (χ4n) is 3.73. The molecule has 3 radical (unpaired) electrons. The van der Waals surface area contributed by atoms with Crippen molar-refractivity contribution in [3.8, 4) is 11.4 Å². The number of pyridine rings is 4. The molecule has 15 heteroatoms. The molecule has 0 saturated carbocycles. The summed E-state index contributed by atoms with van der Waals surface area (Å²) in [5, 5.41) is 0. The van der Waals surface area contributed by atoms with E-state index in [9.17, 15) is 43.9 Å². The molecule has 0 atom stereocenters. The Balaban J connectivity index is 0.000000202. The monoisotopic (exact) mass is 865 g/mol. The minimum Gasteiger partial charge on any atom is -0.256 e. The predicted molar refractivity (Wildman–Crippen MR) is 156 cm³/mol. The van der Waals surface area contributed by atoms with Gasteiger partial charge in [0.2, 0.25) is 12.3 Å². The van der Waals surface area contributed by atoms with Crippen molar-refractivity contribution in [2.24, 2.45) is 0 Å². The largest absolute Gasteiger partial charge is 0.417 e. The SMILES string of the molecule is FC(F)(F)c1ccc(-c2ccc(C(F)(F)F)cn2)nc1.F[C]1C=C(F)C=C=C1c1ccccn1.F[C]1C=C(F)C=C=C1c1ccccn1.[Ir]. The second-order valence-electron chi connectivity index (χ2n) is 9.37. The number of allylic oxidation sites excluding steroid dienone is 6. The van der Waals surface area contributed by atoms with Gasteiger partial charge in [0, 0.05) is 57.0 Å². The normalized spacial score (nSPS) is 14.5. The molecule has 0 spiro atoms. The molecule has 49 heavy (non-hydrogen) atoms. The summed E-state index contributed by atoms with van der Waals surface area (Å²) < 4.78 is 126. The van der Waals surface area contributed by atoms with Gasteiger partial charge in [0.15, 0.2) is 0 Å². The summed E-state index contributed by atoms with van der Waals surface area (Å²) in [6, 6.07) is 13.9. The average Bonchev–Trinajstić information content (AvgIpc) is 3.06. The molecule has 0 aliphatic heterocycles. The van der Waals surface area contributed by atoms with Crippen molar-refractivity contribution in [2.75, 3.05) is 0 Å². The molecular weight excluding hydrogens is 847 g/mol. The van der Waals surface area contributed by atoms with E-state index in [0.717, 1.165) is 48.6 Å². The Morgan fingerprint density at radius 1 is 0.469 bits per heavy atom. The third-order valence-corrected chi connectivity index (χ3v) is 6.00. The zero-order valence-electron chi connectivity index (χ0n) is 24.3. The van der Waals surface area contributed by atoms with Gasteiger partial charge >= 0.3 is 12.4 Å². The second-order valence-corrected chi connectivity index (χ2v) is 9.37. The molecule has 253 valence electrons. The van der Waals surface area contributed by atoms with Gasteiger partial charge in [0.25, 0.3) is 0 Å². The second kappa shape index (κ2) is 16.9. The summed E-state index contributed by atoms with van der Waals surface area (Å²) in [6.07, 6.45) is -2.20. The fourth-order valence-corrected chi connectivity index (χ4v) is 3.73. The third kappa shape index (κ3) is 11.1. The van der Waals surface area contributed by atoms with Crippen LogP contribution in [0.5, 0.6) is 0 Å². The van der Waals surface area contributed by atoms with E-state index in [1.165, 1.54) is 0 Å². The number of rotatable bonds is 3. The first-order valence-corrected chi connectivity index (χ1v) is 13.4. The van der Waals surface area contributed by atoms with Gasteiger partial charge in [0.1, 0.15) is 11.7 Å². The van der Waals surface area contributed by atoms with E-state index >= 15 is 0 Å². The zero-order valence-corrected chi connectivity index (χ0v) is 26.7. The number of hydrogen-bond donors (Lipinski definition) is 0. The third-order valence-electron chi connectivity index (χ3n) is 6.00. The average molecular weight is 865 g/mol. The van der Waals surface area contributed by atoms with Gasteiger partial charge in [0.05, 0.1) is 45.0 Å². The number of nitrogens with zero attached hydrogens (tertiary/aromatic N) is 4. The minimum absolute atomic E-state index is 0. The van der Waals surface area contributed by atoms with Crippen LogP contribution in [0.1, 0.15) is 22.5 Å². The van der Waals surface area contributed by atoms with Crippen LogP contribution < -0.4 is 0 Å². The summed E-state index contributed by atoms with van der Waals surface area (Å²) in [6.45, 7) is 0. The van der Waals surface area contributed by atoms with Gasteiger partial charge < -0.3 is 0 Å². The van der Waals surface area contributed by atoms with Crippen molar-refractivity contribution >= 4 is 11.1 Å². The van der Waals surface area contributed by atoms with Crippen molar-refractivity contribution < 1.29 is 64.0 Å². The molecule has 0 amide bonds. The Labute approximate surface area is 286 Å². The minimum atomic E-state index is -4.51. The Bertz CT molecular complexity index is 1750. The number of alkyl halides is 6. The first-order chi connectivity index (χ1) is 22.7. The van der Waals surface area contributed by atoms with Crippen LogP contribution in [0.25, 0.3) is 22.5 Å². The van der Waals surface area contributed by atoms with Crippen LogP contribution in [0.2, 0.25) is 0 Å². The first kappa shape index (κ1) is 38.5. The van der Waals surface area contributed by atoms with Crippen LogP contribution >= 0.6 is 0 Å². The van der Waals surface area contributed by atoms with Crippen molar-refractivity contribution in [1.82, 2.24) is 19.9 Å². The van der Waals surface area contributed by atoms with Crippen molar-refractivity contribution in [3.63, 3.8) is 0 Å². The molecule has 0 unspecified atom stereocenters. The van der Waals surface area contributed by atoms with Gasteiger partial charge in [-0.05, 0) is 60.7 Å². The Kier molecular flexibility index (Phi) is 13.3. The smallest absolute Gasteiger partial charge is 0.256 e. The van der Waals surface area contributed by atoms with E-state index in [-0.39, 0.29) is 42.6 Å². The molecular formula is C34H18F10IrN4. The van der Waals surface area contributed by atoms with Crippen LogP contribution in [0.3, 0.4) is 0 Å². The van der Waals surface area contributed by atoms with Crippen molar-refractivity contribution in [1.29, 1.82) is 0 Å². The molecule has 0 fully saturated rings. The topological polar surface area (TPSA) is 51.6 Å². The molecule has 4 aromatic rings. The van der Waals surface area contributed by atoms with Crippen LogP contribution in [-0.2, 0) is 32.5 Å². The maximum Gasteiger partial charge on any atom is 0.417 e. The summed E-state index contributed by atoms with van der Waals surface area (Å²) in [7, 11) is 0. The fraction of sp³-hybridized carbons (Fsp3) is 0.0588. The van der Waals surface area contributed by atoms with Gasteiger partial charge in [-0.25, -0.2) is 17.6 Å². The van der Waals surface area contributed by atoms with Crippen LogP contribution in [-0.4, -0.2) is 19.9 Å². The molecule has 2 aliphatic carbocycles. The first-order valence-electron chi connectivity index (χ1n) is 13.4. The van der Waals surface area contributed by atoms with E-state index in [1.54, 1.807) is 48.8 Å². The molecule has 0 aromatic carbocycles. The molecule has 0 bridgehead atoms. The van der Waals surface area contributed by atoms with Crippen LogP contribution in [0.4, 0.5) is 43.9 Å². The Morgan fingerprint density at radius 3 is 1.12 bits per heavy atom. The van der Waals surface area contributed by atoms with Gasteiger partial charge in [-0.3, -0.25) is 19.9 Å². The molecule has 2 aliphatic rings. The zero-order chi connectivity index (χ0) is 34.9. The summed E-state index contributed by atoms with van der Waals surface area (Å²) in [4.78, 5) is 15.0. The summed E-state index contributed by atoms with van der Waals surface area (Å²) in [5.41, 5.74) is 4.54. The van der Waals surface area contributed by atoms with E-state index in [1.807, 2.05) is 0 Å². The standard InChI is InChI=1S/C12H6F6N2.2C11H6F2N.Ir/c13-11(14,15)7-1-3-9(19-5-7)10-4-2-8(6-20-10)12(16,17)18;2*12-8-4-5-9(10(13)7-8)11-3-1-2-6-14-11;/h1-6H;2*1-4,6-7H;. The van der Waals surface area contributed by atoms with Gasteiger partial charge in [-0.2, -0.15) is 26.3 Å². The molecule has 4 nitrogen and oxygen atoms in total. The van der Waals surface area contributed by atoms with Crippen molar-refractivity contribution in [3.05, 3.63) is 168 Å². The van der Waals surface area contributed by atoms with Gasteiger partial charge in [-0.15, -0.1) is 11.5 Å². The van der Waals surface area contributed by atoms with E-state index in [4.69, 9.17) is 0 Å². The summed E-state index contributed by atoms with van der Waals surface area (Å²) >= 11 is 0. The molecule has 4 heterocycles. The van der Waals surface area contributed by atoms with E-state index in [2.05, 4.69) is 31.4 Å². The maximum atomic E-state index is 13.2. The number of aromatic nitrogens is 4. The Hall–Kier alpha value is -4.93. The number of halogens is 10. The number of hydrogen-bond acceptors (Lipinski definition) is 4.